The maximum atomic E-state index is 13.8. The van der Waals surface area contributed by atoms with Crippen LogP contribution in [-0.4, -0.2) is 27.1 Å². The normalized spacial score (nSPS) is 11.3. The van der Waals surface area contributed by atoms with E-state index in [0.29, 0.717) is 5.39 Å². The predicted molar refractivity (Wildman–Crippen MR) is 110 cm³/mol. The molecule has 0 unspecified atom stereocenters. The molecule has 3 N–H and O–H groups in total. The Balaban J connectivity index is 1.53. The van der Waals surface area contributed by atoms with E-state index in [2.05, 4.69) is 10.3 Å². The van der Waals surface area contributed by atoms with Crippen LogP contribution in [0.15, 0.2) is 56.7 Å². The van der Waals surface area contributed by atoms with E-state index in [1.165, 1.54) is 29.6 Å². The Labute approximate surface area is 176 Å². The minimum Gasteiger partial charge on any atom is -0.504 e. The van der Waals surface area contributed by atoms with Gasteiger partial charge in [0.2, 0.25) is 0 Å². The molecule has 31 heavy (non-hydrogen) atoms. The third-order valence-electron chi connectivity index (χ3n) is 4.56. The number of furan rings is 1. The number of oxazole rings is 1. The molecular formula is C21H11FN2O6S. The van der Waals surface area contributed by atoms with Crippen LogP contribution in [0.2, 0.25) is 0 Å². The minimum atomic E-state index is -1.29. The fourth-order valence-electron chi connectivity index (χ4n) is 3.19. The van der Waals surface area contributed by atoms with Crippen molar-refractivity contribution in [1.82, 2.24) is 4.98 Å². The number of carboxylic acids is 1. The molecule has 3 aromatic heterocycles. The number of rotatable bonds is 4. The summed E-state index contributed by atoms with van der Waals surface area (Å²) >= 11 is 1.04. The Morgan fingerprint density at radius 1 is 1.10 bits per heavy atom. The number of aromatic carboxylic acids is 1. The van der Waals surface area contributed by atoms with Crippen molar-refractivity contribution < 1.29 is 33.0 Å². The number of phenolic OH excluding ortho intramolecular Hbond substituents is 1. The summed E-state index contributed by atoms with van der Waals surface area (Å²) in [5, 5.41) is 24.1. The molecule has 8 nitrogen and oxygen atoms in total. The second-order valence-electron chi connectivity index (χ2n) is 6.53. The van der Waals surface area contributed by atoms with Crippen molar-refractivity contribution in [2.24, 2.45) is 0 Å². The van der Waals surface area contributed by atoms with Crippen molar-refractivity contribution in [3.8, 4) is 16.4 Å². The molecule has 0 saturated heterocycles. The van der Waals surface area contributed by atoms with Crippen LogP contribution in [0.1, 0.15) is 21.0 Å². The first-order valence-corrected chi connectivity index (χ1v) is 9.73. The van der Waals surface area contributed by atoms with Gasteiger partial charge in [-0.15, -0.1) is 11.3 Å². The standard InChI is InChI=1S/C21H11FN2O6S/c22-10-4-2-5-11-17(10)30-20(24-11)19(26)23-12-8-31-18(15(12)21(27)28)14-7-9-3-1-6-13(25)16(9)29-14/h1-8,25H,(H,23,26)(H,27,28). The highest BCUT2D eigenvalue weighted by Crippen LogP contribution is 2.40. The van der Waals surface area contributed by atoms with Crippen molar-refractivity contribution >= 4 is 51.0 Å². The molecule has 154 valence electrons. The number of nitrogens with zero attached hydrogens (tertiary/aromatic N) is 1. The number of hydrogen-bond acceptors (Lipinski definition) is 7. The van der Waals surface area contributed by atoms with Crippen LogP contribution in [0.25, 0.3) is 32.7 Å². The Bertz CT molecular complexity index is 1500. The molecule has 2 aromatic carbocycles. The van der Waals surface area contributed by atoms with Crippen LogP contribution in [0, 0.1) is 5.82 Å². The number of aromatic hydroxyl groups is 1. The molecule has 5 rings (SSSR count). The van der Waals surface area contributed by atoms with E-state index in [0.717, 1.165) is 11.3 Å². The van der Waals surface area contributed by atoms with Crippen LogP contribution >= 0.6 is 11.3 Å². The van der Waals surface area contributed by atoms with Gasteiger partial charge in [0.25, 0.3) is 5.89 Å². The number of fused-ring (bicyclic) bond motifs is 2. The van der Waals surface area contributed by atoms with Gasteiger partial charge in [0, 0.05) is 10.8 Å². The van der Waals surface area contributed by atoms with Crippen molar-refractivity contribution in [3.63, 3.8) is 0 Å². The molecule has 0 aliphatic carbocycles. The molecular weight excluding hydrogens is 427 g/mol. The molecule has 0 saturated carbocycles. The first kappa shape index (κ1) is 18.8. The van der Waals surface area contributed by atoms with E-state index in [-0.39, 0.29) is 44.3 Å². The van der Waals surface area contributed by atoms with Gasteiger partial charge in [-0.1, -0.05) is 18.2 Å². The Morgan fingerprint density at radius 3 is 2.65 bits per heavy atom. The number of anilines is 1. The van der Waals surface area contributed by atoms with Gasteiger partial charge in [0.1, 0.15) is 16.8 Å². The molecule has 5 aromatic rings. The van der Waals surface area contributed by atoms with Gasteiger partial charge in [-0.05, 0) is 24.3 Å². The number of carbonyl (C=O) groups is 2. The molecule has 0 aliphatic rings. The monoisotopic (exact) mass is 438 g/mol. The second-order valence-corrected chi connectivity index (χ2v) is 7.41. The fraction of sp³-hybridized carbons (Fsp3) is 0. The number of carboxylic acid groups (broad SMARTS) is 1. The average Bonchev–Trinajstić information content (AvgIpc) is 3.44. The third kappa shape index (κ3) is 3.09. The molecule has 0 aliphatic heterocycles. The van der Waals surface area contributed by atoms with Crippen molar-refractivity contribution in [2.45, 2.75) is 0 Å². The van der Waals surface area contributed by atoms with Gasteiger partial charge < -0.3 is 24.4 Å². The summed E-state index contributed by atoms with van der Waals surface area (Å²) in [5.41, 5.74) is 0.0290. The summed E-state index contributed by atoms with van der Waals surface area (Å²) in [5.74, 6) is -3.04. The van der Waals surface area contributed by atoms with E-state index in [1.54, 1.807) is 18.2 Å². The van der Waals surface area contributed by atoms with Gasteiger partial charge in [-0.2, -0.15) is 0 Å². The van der Waals surface area contributed by atoms with Gasteiger partial charge in [0.15, 0.2) is 22.7 Å². The van der Waals surface area contributed by atoms with E-state index in [1.807, 2.05) is 0 Å². The molecule has 0 atom stereocenters. The quantitative estimate of drug-likeness (QED) is 0.356. The summed E-state index contributed by atoms with van der Waals surface area (Å²) in [4.78, 5) is 28.7. The van der Waals surface area contributed by atoms with Crippen LogP contribution in [0.5, 0.6) is 5.75 Å². The van der Waals surface area contributed by atoms with E-state index < -0.39 is 23.6 Å². The lowest BCUT2D eigenvalue weighted by Gasteiger charge is -2.03. The summed E-state index contributed by atoms with van der Waals surface area (Å²) in [7, 11) is 0. The number of aromatic nitrogens is 1. The van der Waals surface area contributed by atoms with Gasteiger partial charge >= 0.3 is 11.9 Å². The van der Waals surface area contributed by atoms with Gasteiger partial charge in [-0.3, -0.25) is 4.79 Å². The Hall–Kier alpha value is -4.18. The highest BCUT2D eigenvalue weighted by atomic mass is 32.1. The topological polar surface area (TPSA) is 126 Å². The number of halogens is 1. The number of carbonyl (C=O) groups excluding carboxylic acids is 1. The third-order valence-corrected chi connectivity index (χ3v) is 5.56. The molecule has 10 heteroatoms. The van der Waals surface area contributed by atoms with E-state index in [9.17, 15) is 24.2 Å². The van der Waals surface area contributed by atoms with Crippen LogP contribution in [0.4, 0.5) is 10.1 Å². The number of para-hydroxylation sites is 2. The van der Waals surface area contributed by atoms with Crippen molar-refractivity contribution in [2.75, 3.05) is 5.32 Å². The molecule has 0 fully saturated rings. The molecule has 3 heterocycles. The zero-order valence-electron chi connectivity index (χ0n) is 15.4. The van der Waals surface area contributed by atoms with Crippen LogP contribution in [0.3, 0.4) is 0 Å². The second kappa shape index (κ2) is 6.96. The SMILES string of the molecule is O=C(Nc1csc(-c2cc3cccc(O)c3o2)c1C(=O)O)c1nc2cccc(F)c2o1. The van der Waals surface area contributed by atoms with Crippen molar-refractivity contribution in [3.05, 3.63) is 65.1 Å². The Morgan fingerprint density at radius 2 is 1.90 bits per heavy atom. The maximum absolute atomic E-state index is 13.8. The minimum absolute atomic E-state index is 0.00454. The number of hydrogen-bond donors (Lipinski definition) is 3. The number of phenols is 1. The van der Waals surface area contributed by atoms with Gasteiger partial charge in [0.05, 0.1) is 10.6 Å². The first-order chi connectivity index (χ1) is 14.9. The van der Waals surface area contributed by atoms with E-state index >= 15 is 0 Å². The lowest BCUT2D eigenvalue weighted by atomic mass is 10.2. The number of nitrogens with one attached hydrogen (secondary N) is 1. The van der Waals surface area contributed by atoms with Gasteiger partial charge in [-0.25, -0.2) is 14.2 Å². The zero-order valence-corrected chi connectivity index (χ0v) is 16.2. The largest absolute Gasteiger partial charge is 0.504 e. The molecule has 0 bridgehead atoms. The molecule has 0 radical (unpaired) electrons. The summed E-state index contributed by atoms with van der Waals surface area (Å²) in [6.07, 6.45) is 0. The summed E-state index contributed by atoms with van der Waals surface area (Å²) < 4.78 is 24.6. The predicted octanol–water partition coefficient (Wildman–Crippen LogP) is 5.10. The maximum Gasteiger partial charge on any atom is 0.339 e. The van der Waals surface area contributed by atoms with Crippen molar-refractivity contribution in [1.29, 1.82) is 0 Å². The van der Waals surface area contributed by atoms with Crippen LogP contribution < -0.4 is 5.32 Å². The smallest absolute Gasteiger partial charge is 0.339 e. The Kier molecular flexibility index (Phi) is 4.22. The molecule has 1 amide bonds. The summed E-state index contributed by atoms with van der Waals surface area (Å²) in [6.45, 7) is 0. The molecule has 0 spiro atoms. The number of thiophene rings is 1. The van der Waals surface area contributed by atoms with E-state index in [4.69, 9.17) is 8.83 Å². The highest BCUT2D eigenvalue weighted by molar-refractivity contribution is 7.14. The average molecular weight is 438 g/mol. The fourth-order valence-corrected chi connectivity index (χ4v) is 4.14. The number of amides is 1. The first-order valence-electron chi connectivity index (χ1n) is 8.85. The number of benzene rings is 2. The van der Waals surface area contributed by atoms with Crippen LogP contribution in [-0.2, 0) is 0 Å². The zero-order chi connectivity index (χ0) is 21.7. The highest BCUT2D eigenvalue weighted by Gasteiger charge is 2.25. The lowest BCUT2D eigenvalue weighted by molar-refractivity contribution is 0.0699. The summed E-state index contributed by atoms with van der Waals surface area (Å²) in [6, 6.07) is 10.5. The lowest BCUT2D eigenvalue weighted by Crippen LogP contribution is -2.14.